The van der Waals surface area contributed by atoms with Crippen molar-refractivity contribution < 1.29 is 19.0 Å². The van der Waals surface area contributed by atoms with E-state index in [-0.39, 0.29) is 11.9 Å². The molecular formula is C18H25Cl2N3O4. The monoisotopic (exact) mass is 417 g/mol. The molecule has 7 nitrogen and oxygen atoms in total. The van der Waals surface area contributed by atoms with Crippen LogP contribution in [0.25, 0.3) is 0 Å². The maximum Gasteiger partial charge on any atom is 0.291 e. The van der Waals surface area contributed by atoms with Crippen molar-refractivity contribution in [3.63, 3.8) is 0 Å². The molecule has 1 N–H and O–H groups in total. The lowest BCUT2D eigenvalue weighted by molar-refractivity contribution is 0.0377. The fraction of sp³-hybridized carbons (Fsp3) is 0.556. The molecule has 0 aromatic heterocycles. The molecule has 1 amide bonds. The van der Waals surface area contributed by atoms with Crippen LogP contribution < -0.4 is 5.32 Å². The van der Waals surface area contributed by atoms with Gasteiger partial charge in [0.25, 0.3) is 11.9 Å². The van der Waals surface area contributed by atoms with Crippen LogP contribution in [0.15, 0.2) is 23.2 Å². The molecule has 1 fully saturated rings. The van der Waals surface area contributed by atoms with Crippen LogP contribution in [0.1, 0.15) is 16.8 Å². The van der Waals surface area contributed by atoms with Crippen LogP contribution in [0.2, 0.25) is 10.0 Å². The highest BCUT2D eigenvalue weighted by atomic mass is 35.5. The Kier molecular flexibility index (Phi) is 9.86. The minimum absolute atomic E-state index is 0.171. The fourth-order valence-electron chi connectivity index (χ4n) is 2.45. The Bertz CT molecular complexity index is 637. The van der Waals surface area contributed by atoms with Gasteiger partial charge in [-0.25, -0.2) is 4.99 Å². The van der Waals surface area contributed by atoms with Gasteiger partial charge in [-0.1, -0.05) is 23.2 Å². The summed E-state index contributed by atoms with van der Waals surface area (Å²) in [5, 5.41) is 3.38. The molecule has 1 aliphatic heterocycles. The first-order valence-electron chi connectivity index (χ1n) is 8.83. The molecule has 0 unspecified atom stereocenters. The molecule has 0 atom stereocenters. The second-order valence-corrected chi connectivity index (χ2v) is 6.73. The number of ether oxygens (including phenoxy) is 3. The van der Waals surface area contributed by atoms with Crippen molar-refractivity contribution in [1.29, 1.82) is 0 Å². The van der Waals surface area contributed by atoms with E-state index in [1.54, 1.807) is 19.2 Å². The summed E-state index contributed by atoms with van der Waals surface area (Å²) in [7, 11) is 1.58. The Morgan fingerprint density at radius 3 is 2.74 bits per heavy atom. The molecule has 1 aliphatic rings. The van der Waals surface area contributed by atoms with E-state index in [0.29, 0.717) is 35.4 Å². The van der Waals surface area contributed by atoms with Crippen molar-refractivity contribution in [2.75, 3.05) is 59.7 Å². The minimum Gasteiger partial charge on any atom is -0.463 e. The van der Waals surface area contributed by atoms with Gasteiger partial charge in [0.2, 0.25) is 0 Å². The van der Waals surface area contributed by atoms with Crippen molar-refractivity contribution in [3.05, 3.63) is 33.8 Å². The number of carbonyl (C=O) groups is 1. The van der Waals surface area contributed by atoms with E-state index in [1.165, 1.54) is 6.07 Å². The number of morpholine rings is 1. The molecule has 0 aliphatic carbocycles. The van der Waals surface area contributed by atoms with Gasteiger partial charge in [-0.2, -0.15) is 0 Å². The van der Waals surface area contributed by atoms with Gasteiger partial charge in [0.1, 0.15) is 6.61 Å². The molecule has 0 spiro atoms. The predicted octanol–water partition coefficient (Wildman–Crippen LogP) is 2.46. The van der Waals surface area contributed by atoms with Gasteiger partial charge in [-0.05, 0) is 24.6 Å². The fourth-order valence-corrected chi connectivity index (χ4v) is 2.75. The number of aliphatic imine (C=N–C) groups is 1. The van der Waals surface area contributed by atoms with Crippen LogP contribution in [0.5, 0.6) is 0 Å². The van der Waals surface area contributed by atoms with Gasteiger partial charge in [0.15, 0.2) is 0 Å². The summed E-state index contributed by atoms with van der Waals surface area (Å²) in [6.07, 6.45) is 0.861. The second-order valence-electron chi connectivity index (χ2n) is 5.92. The molecule has 0 radical (unpaired) electrons. The summed E-state index contributed by atoms with van der Waals surface area (Å²) in [5.74, 6) is -0.363. The van der Waals surface area contributed by atoms with E-state index in [1.807, 2.05) is 0 Å². The van der Waals surface area contributed by atoms with E-state index in [2.05, 4.69) is 15.2 Å². The van der Waals surface area contributed by atoms with Crippen LogP contribution in [0.4, 0.5) is 0 Å². The van der Waals surface area contributed by atoms with Crippen LogP contribution in [0.3, 0.4) is 0 Å². The maximum atomic E-state index is 12.4. The number of benzene rings is 1. The number of nitrogens with one attached hydrogen (secondary N) is 1. The van der Waals surface area contributed by atoms with Crippen molar-refractivity contribution in [1.82, 2.24) is 10.2 Å². The van der Waals surface area contributed by atoms with Crippen LogP contribution in [0, 0.1) is 0 Å². The lowest BCUT2D eigenvalue weighted by Gasteiger charge is -2.26. The average molecular weight is 418 g/mol. The normalized spacial score (nSPS) is 15.6. The van der Waals surface area contributed by atoms with Gasteiger partial charge in [0, 0.05) is 38.9 Å². The summed E-state index contributed by atoms with van der Waals surface area (Å²) >= 11 is 11.9. The Labute approximate surface area is 169 Å². The van der Waals surface area contributed by atoms with E-state index in [4.69, 9.17) is 37.4 Å². The first kappa shape index (κ1) is 21.9. The highest BCUT2D eigenvalue weighted by molar-refractivity contribution is 6.42. The summed E-state index contributed by atoms with van der Waals surface area (Å²) < 4.78 is 15.8. The number of hydrogen-bond acceptors (Lipinski definition) is 6. The number of methoxy groups -OCH3 is 1. The molecule has 2 rings (SSSR count). The summed E-state index contributed by atoms with van der Waals surface area (Å²) in [4.78, 5) is 19.1. The van der Waals surface area contributed by atoms with Gasteiger partial charge >= 0.3 is 0 Å². The number of hydrogen-bond donors (Lipinski definition) is 1. The van der Waals surface area contributed by atoms with Crippen LogP contribution >= 0.6 is 23.2 Å². The van der Waals surface area contributed by atoms with Crippen molar-refractivity contribution >= 4 is 35.1 Å². The zero-order valence-electron chi connectivity index (χ0n) is 15.4. The number of amidine groups is 1. The molecule has 0 saturated carbocycles. The standard InChI is InChI=1S/C18H25Cl2N3O4/c1-25-11-12-27-18(21-5-2-6-23-7-9-26-10-8-23)22-17(24)14-3-4-15(19)16(20)13-14/h3-4,13H,2,5-12H2,1H3,(H,21,22,24). The topological polar surface area (TPSA) is 72.4 Å². The van der Waals surface area contributed by atoms with E-state index >= 15 is 0 Å². The third kappa shape index (κ3) is 8.02. The third-order valence-corrected chi connectivity index (χ3v) is 4.66. The Hall–Kier alpha value is -1.38. The quantitative estimate of drug-likeness (QED) is 0.399. The largest absolute Gasteiger partial charge is 0.463 e. The molecular weight excluding hydrogens is 393 g/mol. The van der Waals surface area contributed by atoms with Gasteiger partial charge < -0.3 is 14.2 Å². The highest BCUT2D eigenvalue weighted by Gasteiger charge is 2.13. The molecule has 1 aromatic rings. The van der Waals surface area contributed by atoms with Gasteiger partial charge in [0.05, 0.1) is 29.9 Å². The first-order chi connectivity index (χ1) is 13.1. The molecule has 27 heavy (non-hydrogen) atoms. The SMILES string of the molecule is COCCOC(=NCCCN1CCOCC1)NC(=O)c1ccc(Cl)c(Cl)c1. The highest BCUT2D eigenvalue weighted by Crippen LogP contribution is 2.22. The molecule has 150 valence electrons. The number of halogens is 2. The Morgan fingerprint density at radius 2 is 2.04 bits per heavy atom. The third-order valence-electron chi connectivity index (χ3n) is 3.92. The average Bonchev–Trinajstić information content (AvgIpc) is 2.68. The predicted molar refractivity (Wildman–Crippen MR) is 106 cm³/mol. The summed E-state index contributed by atoms with van der Waals surface area (Å²) in [5.41, 5.74) is 0.376. The zero-order chi connectivity index (χ0) is 19.5. The molecule has 1 saturated heterocycles. The van der Waals surface area contributed by atoms with Crippen LogP contribution in [-0.4, -0.2) is 76.5 Å². The Morgan fingerprint density at radius 1 is 1.26 bits per heavy atom. The van der Waals surface area contributed by atoms with E-state index in [0.717, 1.165) is 39.3 Å². The lowest BCUT2D eigenvalue weighted by Crippen LogP contribution is -2.37. The van der Waals surface area contributed by atoms with E-state index < -0.39 is 0 Å². The molecule has 1 heterocycles. The number of nitrogens with zero attached hydrogens (tertiary/aromatic N) is 2. The van der Waals surface area contributed by atoms with E-state index in [9.17, 15) is 4.79 Å². The second kappa shape index (κ2) is 12.2. The Balaban J connectivity index is 1.88. The number of rotatable bonds is 8. The van der Waals surface area contributed by atoms with Crippen LogP contribution in [-0.2, 0) is 14.2 Å². The van der Waals surface area contributed by atoms with Gasteiger partial charge in [-0.3, -0.25) is 15.0 Å². The maximum absolute atomic E-state index is 12.4. The molecule has 1 aromatic carbocycles. The minimum atomic E-state index is -0.363. The first-order valence-corrected chi connectivity index (χ1v) is 9.58. The van der Waals surface area contributed by atoms with Crippen molar-refractivity contribution in [2.24, 2.45) is 4.99 Å². The number of carbonyl (C=O) groups excluding carboxylic acids is 1. The summed E-state index contributed by atoms with van der Waals surface area (Å²) in [6, 6.07) is 4.84. The zero-order valence-corrected chi connectivity index (χ0v) is 16.9. The van der Waals surface area contributed by atoms with Crippen molar-refractivity contribution in [2.45, 2.75) is 6.42 Å². The lowest BCUT2D eigenvalue weighted by atomic mass is 10.2. The summed E-state index contributed by atoms with van der Waals surface area (Å²) in [6.45, 7) is 5.59. The van der Waals surface area contributed by atoms with Crippen molar-refractivity contribution in [3.8, 4) is 0 Å². The van der Waals surface area contributed by atoms with Gasteiger partial charge in [-0.15, -0.1) is 0 Å². The molecule has 0 bridgehead atoms. The smallest absolute Gasteiger partial charge is 0.291 e. The molecule has 9 heteroatoms. The number of amides is 1.